The van der Waals surface area contributed by atoms with Crippen LogP contribution in [0.3, 0.4) is 0 Å². The van der Waals surface area contributed by atoms with E-state index in [4.69, 9.17) is 4.74 Å². The smallest absolute Gasteiger partial charge is 0.271 e. The minimum Gasteiger partial charge on any atom is -0.504 e. The average molecular weight is 567 g/mol. The first kappa shape index (κ1) is 27.1. The van der Waals surface area contributed by atoms with Crippen LogP contribution in [0, 0.1) is 33.8 Å². The highest BCUT2D eigenvalue weighted by atomic mass is 16.6. The molecule has 1 heterocycles. The zero-order valence-electron chi connectivity index (χ0n) is 22.8. The summed E-state index contributed by atoms with van der Waals surface area (Å²) in [7, 11) is 1.44. The highest BCUT2D eigenvalue weighted by Crippen LogP contribution is 2.53. The lowest BCUT2D eigenvalue weighted by atomic mass is 9.60. The van der Waals surface area contributed by atoms with Crippen molar-refractivity contribution in [2.45, 2.75) is 19.8 Å². The van der Waals surface area contributed by atoms with Crippen molar-refractivity contribution in [3.8, 4) is 11.5 Å². The third-order valence-electron chi connectivity index (χ3n) is 8.60. The van der Waals surface area contributed by atoms with Crippen molar-refractivity contribution in [2.75, 3.05) is 12.0 Å². The second-order valence-electron chi connectivity index (χ2n) is 10.9. The van der Waals surface area contributed by atoms with Crippen LogP contribution in [0.1, 0.15) is 25.3 Å². The molecule has 0 radical (unpaired) electrons. The Morgan fingerprint density at radius 2 is 1.86 bits per heavy atom. The minimum absolute atomic E-state index is 0.0232. The van der Waals surface area contributed by atoms with Crippen LogP contribution in [0.25, 0.3) is 6.08 Å². The minimum atomic E-state index is -0.787. The fourth-order valence-electron chi connectivity index (χ4n) is 6.64. The molecular weight excluding hydrogens is 540 g/mol. The summed E-state index contributed by atoms with van der Waals surface area (Å²) in [5, 5.41) is 21.3. The Hall–Kier alpha value is -5.12. The Bertz CT molecular complexity index is 1730. The predicted octanol–water partition coefficient (Wildman–Crippen LogP) is 4.49. The summed E-state index contributed by atoms with van der Waals surface area (Å²) in [6.45, 7) is 1.60. The number of ketones is 2. The summed E-state index contributed by atoms with van der Waals surface area (Å²) < 4.78 is 5.21. The third-order valence-corrected chi connectivity index (χ3v) is 8.60. The first-order valence-corrected chi connectivity index (χ1v) is 13.5. The lowest BCUT2D eigenvalue weighted by molar-refractivity contribution is -0.384. The topological polar surface area (TPSA) is 144 Å². The van der Waals surface area contributed by atoms with Gasteiger partial charge in [-0.2, -0.15) is 0 Å². The first-order valence-electron chi connectivity index (χ1n) is 13.5. The lowest BCUT2D eigenvalue weighted by Crippen LogP contribution is -2.40. The van der Waals surface area contributed by atoms with Gasteiger partial charge in [-0.15, -0.1) is 0 Å². The number of nitrogens with zero attached hydrogens (tertiary/aromatic N) is 2. The number of carbonyl (C=O) groups is 4. The van der Waals surface area contributed by atoms with Crippen LogP contribution >= 0.6 is 0 Å². The molecule has 3 aliphatic carbocycles. The van der Waals surface area contributed by atoms with Crippen LogP contribution in [-0.2, 0) is 19.2 Å². The number of ether oxygens (including phenoxy) is 1. The van der Waals surface area contributed by atoms with E-state index in [9.17, 15) is 34.4 Å². The highest BCUT2D eigenvalue weighted by Gasteiger charge is 2.56. The molecular formula is C32H26N2O8. The molecule has 1 fully saturated rings. The summed E-state index contributed by atoms with van der Waals surface area (Å²) in [6.07, 6.45) is 7.19. The fourth-order valence-corrected chi connectivity index (χ4v) is 6.64. The maximum atomic E-state index is 13.9. The monoisotopic (exact) mass is 566 g/mol. The van der Waals surface area contributed by atoms with Gasteiger partial charge in [-0.25, -0.2) is 4.90 Å². The molecule has 0 spiro atoms. The quantitative estimate of drug-likeness (QED) is 0.183. The van der Waals surface area contributed by atoms with E-state index >= 15 is 0 Å². The molecule has 1 aliphatic heterocycles. The Balaban J connectivity index is 1.42. The van der Waals surface area contributed by atoms with E-state index in [1.54, 1.807) is 25.1 Å². The third kappa shape index (κ3) is 4.18. The van der Waals surface area contributed by atoms with Gasteiger partial charge < -0.3 is 9.84 Å². The molecule has 4 atom stereocenters. The predicted molar refractivity (Wildman–Crippen MR) is 151 cm³/mol. The number of phenolic OH excluding ortho intramolecular Hbond substituents is 1. The number of aromatic hydroxyl groups is 1. The second kappa shape index (κ2) is 10.1. The van der Waals surface area contributed by atoms with Crippen LogP contribution in [0.4, 0.5) is 11.4 Å². The van der Waals surface area contributed by atoms with Crippen LogP contribution < -0.4 is 9.64 Å². The first-order chi connectivity index (χ1) is 20.1. The Morgan fingerprint density at radius 1 is 1.07 bits per heavy atom. The van der Waals surface area contributed by atoms with E-state index in [1.165, 1.54) is 43.5 Å². The summed E-state index contributed by atoms with van der Waals surface area (Å²) >= 11 is 0. The molecule has 0 aromatic heterocycles. The van der Waals surface area contributed by atoms with Gasteiger partial charge in [0.1, 0.15) is 0 Å². The van der Waals surface area contributed by atoms with E-state index in [-0.39, 0.29) is 47.3 Å². The number of anilines is 1. The molecule has 0 saturated carbocycles. The molecule has 2 aromatic rings. The second-order valence-corrected chi connectivity index (χ2v) is 10.9. The summed E-state index contributed by atoms with van der Waals surface area (Å²) in [5.74, 6) is -3.80. The zero-order valence-corrected chi connectivity index (χ0v) is 22.8. The largest absolute Gasteiger partial charge is 0.504 e. The van der Waals surface area contributed by atoms with E-state index in [0.717, 1.165) is 10.5 Å². The average Bonchev–Trinajstić information content (AvgIpc) is 3.24. The SMILES string of the molecule is COc1cc(C=C[C@H]2C3=CC[C@@H]4C(=O)N(c5cccc([N+](=O)[O-])c5)C(=O)[C@@H]4[C@@H]3CC3=C2C(=O)C(C)=CC3=O)ccc1O. The normalized spacial score (nSPS) is 25.2. The summed E-state index contributed by atoms with van der Waals surface area (Å²) in [6, 6.07) is 10.2. The van der Waals surface area contributed by atoms with Crippen molar-refractivity contribution in [3.05, 3.63) is 98.7 Å². The number of allylic oxidation sites excluding steroid dienone is 7. The maximum absolute atomic E-state index is 13.9. The number of fused-ring (bicyclic) bond motifs is 3. The van der Waals surface area contributed by atoms with Gasteiger partial charge >= 0.3 is 0 Å². The molecule has 1 saturated heterocycles. The molecule has 10 heteroatoms. The number of amides is 2. The van der Waals surface area contributed by atoms with Crippen LogP contribution in [0.5, 0.6) is 11.5 Å². The van der Waals surface area contributed by atoms with Crippen molar-refractivity contribution < 1.29 is 33.9 Å². The lowest BCUT2D eigenvalue weighted by Gasteiger charge is -2.41. The Kier molecular flexibility index (Phi) is 6.48. The molecule has 10 nitrogen and oxygen atoms in total. The maximum Gasteiger partial charge on any atom is 0.271 e. The number of hydrogen-bond donors (Lipinski definition) is 1. The van der Waals surface area contributed by atoms with Gasteiger partial charge in [0, 0.05) is 34.8 Å². The molecule has 2 aromatic carbocycles. The number of nitro benzene ring substituents is 1. The number of benzene rings is 2. The van der Waals surface area contributed by atoms with Gasteiger partial charge in [-0.1, -0.05) is 35.9 Å². The number of imide groups is 1. The number of non-ortho nitro benzene ring substituents is 1. The Morgan fingerprint density at radius 3 is 2.60 bits per heavy atom. The van der Waals surface area contributed by atoms with E-state index in [2.05, 4.69) is 0 Å². The molecule has 1 N–H and O–H groups in total. The highest BCUT2D eigenvalue weighted by molar-refractivity contribution is 6.24. The molecule has 0 bridgehead atoms. The zero-order chi connectivity index (χ0) is 29.9. The van der Waals surface area contributed by atoms with Crippen molar-refractivity contribution >= 4 is 40.8 Å². The molecule has 212 valence electrons. The van der Waals surface area contributed by atoms with Crippen LogP contribution in [0.15, 0.2) is 83.0 Å². The number of phenols is 1. The van der Waals surface area contributed by atoms with E-state index in [1.807, 2.05) is 12.2 Å². The van der Waals surface area contributed by atoms with Crippen molar-refractivity contribution in [3.63, 3.8) is 0 Å². The van der Waals surface area contributed by atoms with Crippen molar-refractivity contribution in [1.29, 1.82) is 0 Å². The summed E-state index contributed by atoms with van der Waals surface area (Å²) in [5.41, 5.74) is 2.41. The molecule has 0 unspecified atom stereocenters. The molecule has 2 amide bonds. The van der Waals surface area contributed by atoms with Crippen molar-refractivity contribution in [1.82, 2.24) is 0 Å². The molecule has 6 rings (SSSR count). The van der Waals surface area contributed by atoms with E-state index in [0.29, 0.717) is 22.3 Å². The van der Waals surface area contributed by atoms with Gasteiger partial charge in [0.05, 0.1) is 29.6 Å². The number of hydrogen-bond acceptors (Lipinski definition) is 8. The molecule has 4 aliphatic rings. The number of rotatable bonds is 5. The van der Waals surface area contributed by atoms with Gasteiger partial charge in [-0.05, 0) is 55.5 Å². The number of carbonyl (C=O) groups excluding carboxylic acids is 4. The van der Waals surface area contributed by atoms with Crippen molar-refractivity contribution in [2.24, 2.45) is 23.7 Å². The summed E-state index contributed by atoms with van der Waals surface area (Å²) in [4.78, 5) is 65.9. The number of Topliss-reactive ketones (excluding diaryl/α,β-unsaturated/α-hetero) is 1. The van der Waals surface area contributed by atoms with Crippen LogP contribution in [-0.4, -0.2) is 40.5 Å². The van der Waals surface area contributed by atoms with Crippen LogP contribution in [0.2, 0.25) is 0 Å². The standard InChI is InChI=1S/C32H26N2O8/c1-16-12-26(36)24-15-23-20(21(28(24)30(16)37)8-6-17-7-11-25(35)27(13-17)42-2)9-10-22-29(23)32(39)33(31(22)38)18-4-3-5-19(14-18)34(40)41/h3-9,11-14,21-23,29,35H,10,15H2,1-2H3/t21-,22-,23+,29-/m0/s1. The van der Waals surface area contributed by atoms with Gasteiger partial charge in [-0.3, -0.25) is 29.3 Å². The molecule has 42 heavy (non-hydrogen) atoms. The van der Waals surface area contributed by atoms with Gasteiger partial charge in [0.25, 0.3) is 5.69 Å². The number of methoxy groups -OCH3 is 1. The number of nitro groups is 1. The van der Waals surface area contributed by atoms with E-state index < -0.39 is 40.4 Å². The van der Waals surface area contributed by atoms with Gasteiger partial charge in [0.2, 0.25) is 11.8 Å². The fraction of sp³-hybridized carbons (Fsp3) is 0.250. The van der Waals surface area contributed by atoms with Gasteiger partial charge in [0.15, 0.2) is 23.1 Å². The Labute approximate surface area is 240 Å².